The van der Waals surface area contributed by atoms with Gasteiger partial charge in [-0.05, 0) is 49.2 Å². The third-order valence-electron chi connectivity index (χ3n) is 6.09. The molecule has 1 saturated carbocycles. The second kappa shape index (κ2) is 12.2. The summed E-state index contributed by atoms with van der Waals surface area (Å²) in [7, 11) is 0. The molecule has 1 aliphatic rings. The minimum absolute atomic E-state index is 0.000434. The number of tetrazole rings is 1. The van der Waals surface area contributed by atoms with E-state index in [1.807, 2.05) is 0 Å². The number of benzene rings is 1. The lowest BCUT2D eigenvalue weighted by molar-refractivity contribution is -0.153. The van der Waals surface area contributed by atoms with Gasteiger partial charge in [0, 0.05) is 6.04 Å². The molecule has 4 rings (SSSR count). The van der Waals surface area contributed by atoms with Gasteiger partial charge < -0.3 is 19.4 Å². The molecular formula is C25H29FN6O5. The molecule has 0 bridgehead atoms. The third-order valence-corrected chi connectivity index (χ3v) is 6.09. The Hall–Kier alpha value is -4.09. The zero-order valence-corrected chi connectivity index (χ0v) is 20.5. The SMILES string of the molecule is CCOC(=O)CN(C(=O)Cn1nnc(-c2ccccc2F)n1)[C@H](C(=O)NC1CCCCC1)c1ccco1. The average molecular weight is 513 g/mol. The normalized spacial score (nSPS) is 14.6. The Morgan fingerprint density at radius 3 is 2.68 bits per heavy atom. The molecule has 11 nitrogen and oxygen atoms in total. The number of ether oxygens (including phenoxy) is 1. The lowest BCUT2D eigenvalue weighted by Gasteiger charge is -2.31. The quantitative estimate of drug-likeness (QED) is 0.410. The monoisotopic (exact) mass is 512 g/mol. The number of hydrogen-bond donors (Lipinski definition) is 1. The van der Waals surface area contributed by atoms with Gasteiger partial charge in [0.25, 0.3) is 5.91 Å². The van der Waals surface area contributed by atoms with Crippen LogP contribution in [0.5, 0.6) is 0 Å². The Kier molecular flexibility index (Phi) is 8.60. The molecule has 0 aliphatic heterocycles. The van der Waals surface area contributed by atoms with E-state index in [1.165, 1.54) is 24.5 Å². The predicted octanol–water partition coefficient (Wildman–Crippen LogP) is 2.65. The number of halogens is 1. The summed E-state index contributed by atoms with van der Waals surface area (Å²) >= 11 is 0. The first-order chi connectivity index (χ1) is 18.0. The summed E-state index contributed by atoms with van der Waals surface area (Å²) < 4.78 is 24.7. The molecule has 0 radical (unpaired) electrons. The molecule has 1 atom stereocenters. The highest BCUT2D eigenvalue weighted by Crippen LogP contribution is 2.25. The van der Waals surface area contributed by atoms with Gasteiger partial charge in [-0.15, -0.1) is 10.2 Å². The van der Waals surface area contributed by atoms with Crippen molar-refractivity contribution in [2.45, 2.75) is 57.7 Å². The Bertz CT molecular complexity index is 1210. The fourth-order valence-corrected chi connectivity index (χ4v) is 4.34. The maximum absolute atomic E-state index is 14.1. The van der Waals surface area contributed by atoms with E-state index in [4.69, 9.17) is 9.15 Å². The molecular weight excluding hydrogens is 483 g/mol. The van der Waals surface area contributed by atoms with Crippen LogP contribution in [0.1, 0.15) is 50.8 Å². The van der Waals surface area contributed by atoms with E-state index < -0.39 is 42.7 Å². The lowest BCUT2D eigenvalue weighted by atomic mass is 9.95. The van der Waals surface area contributed by atoms with Crippen molar-refractivity contribution in [3.63, 3.8) is 0 Å². The van der Waals surface area contributed by atoms with Crippen molar-refractivity contribution in [3.05, 3.63) is 54.2 Å². The minimum Gasteiger partial charge on any atom is -0.467 e. The molecule has 0 saturated heterocycles. The molecule has 196 valence electrons. The van der Waals surface area contributed by atoms with Crippen LogP contribution in [0.4, 0.5) is 4.39 Å². The first-order valence-corrected chi connectivity index (χ1v) is 12.3. The second-order valence-corrected chi connectivity index (χ2v) is 8.71. The molecule has 1 fully saturated rings. The van der Waals surface area contributed by atoms with Crippen LogP contribution in [-0.4, -0.2) is 62.1 Å². The molecule has 0 spiro atoms. The standard InChI is InChI=1S/C25H29FN6O5/c1-2-36-22(34)16-31(21(33)15-32-29-24(28-30-32)18-11-6-7-12-19(18)26)23(20-13-8-14-37-20)25(35)27-17-9-4-3-5-10-17/h6-8,11-14,17,23H,2-5,9-10,15-16H2,1H3,(H,27,35)/t23-/m0/s1. The van der Waals surface area contributed by atoms with E-state index in [1.54, 1.807) is 25.1 Å². The zero-order chi connectivity index (χ0) is 26.2. The van der Waals surface area contributed by atoms with Crippen molar-refractivity contribution in [1.29, 1.82) is 0 Å². The Balaban J connectivity index is 1.59. The first-order valence-electron chi connectivity index (χ1n) is 12.3. The van der Waals surface area contributed by atoms with Crippen molar-refractivity contribution in [2.75, 3.05) is 13.2 Å². The van der Waals surface area contributed by atoms with Crippen molar-refractivity contribution in [2.24, 2.45) is 0 Å². The molecule has 37 heavy (non-hydrogen) atoms. The summed E-state index contributed by atoms with van der Waals surface area (Å²) in [5, 5.41) is 14.8. The number of nitrogens with zero attached hydrogens (tertiary/aromatic N) is 5. The van der Waals surface area contributed by atoms with Crippen molar-refractivity contribution in [1.82, 2.24) is 30.4 Å². The van der Waals surface area contributed by atoms with Crippen LogP contribution in [-0.2, 0) is 25.7 Å². The molecule has 3 aromatic rings. The van der Waals surface area contributed by atoms with Crippen molar-refractivity contribution < 1.29 is 27.9 Å². The highest BCUT2D eigenvalue weighted by molar-refractivity contribution is 5.90. The fraction of sp³-hybridized carbons (Fsp3) is 0.440. The molecule has 12 heteroatoms. The number of carbonyl (C=O) groups is 3. The lowest BCUT2D eigenvalue weighted by Crippen LogP contribution is -2.49. The summed E-state index contributed by atoms with van der Waals surface area (Å²) in [5.74, 6) is -2.13. The van der Waals surface area contributed by atoms with Gasteiger partial charge in [-0.1, -0.05) is 31.4 Å². The van der Waals surface area contributed by atoms with Gasteiger partial charge in [0.2, 0.25) is 11.7 Å². The highest BCUT2D eigenvalue weighted by Gasteiger charge is 2.36. The average Bonchev–Trinajstić information content (AvgIpc) is 3.57. The summed E-state index contributed by atoms with van der Waals surface area (Å²) in [6.45, 7) is 0.810. The summed E-state index contributed by atoms with van der Waals surface area (Å²) in [5.41, 5.74) is 0.130. The van der Waals surface area contributed by atoms with E-state index in [0.29, 0.717) is 0 Å². The molecule has 1 N–H and O–H groups in total. The number of rotatable bonds is 10. The number of esters is 1. The Morgan fingerprint density at radius 1 is 1.19 bits per heavy atom. The minimum atomic E-state index is -1.22. The predicted molar refractivity (Wildman–Crippen MR) is 128 cm³/mol. The first kappa shape index (κ1) is 26.0. The number of nitrogens with one attached hydrogen (secondary N) is 1. The maximum atomic E-state index is 14.1. The number of amides is 2. The molecule has 0 unspecified atom stereocenters. The van der Waals surface area contributed by atoms with E-state index >= 15 is 0 Å². The van der Waals surface area contributed by atoms with Crippen LogP contribution in [0.25, 0.3) is 11.4 Å². The van der Waals surface area contributed by atoms with Gasteiger partial charge in [-0.2, -0.15) is 4.80 Å². The highest BCUT2D eigenvalue weighted by atomic mass is 19.1. The Morgan fingerprint density at radius 2 is 1.97 bits per heavy atom. The van der Waals surface area contributed by atoms with Gasteiger partial charge in [0.1, 0.15) is 24.7 Å². The van der Waals surface area contributed by atoms with Crippen molar-refractivity contribution in [3.8, 4) is 11.4 Å². The van der Waals surface area contributed by atoms with Crippen LogP contribution >= 0.6 is 0 Å². The van der Waals surface area contributed by atoms with E-state index in [-0.39, 0.29) is 29.8 Å². The fourth-order valence-electron chi connectivity index (χ4n) is 4.34. The summed E-state index contributed by atoms with van der Waals surface area (Å²) in [6.07, 6.45) is 6.19. The van der Waals surface area contributed by atoms with Gasteiger partial charge in [-0.3, -0.25) is 14.4 Å². The van der Waals surface area contributed by atoms with Crippen LogP contribution in [0.2, 0.25) is 0 Å². The molecule has 2 aromatic heterocycles. The maximum Gasteiger partial charge on any atom is 0.325 e. The molecule has 2 amide bonds. The topological polar surface area (TPSA) is 132 Å². The number of hydrogen-bond acceptors (Lipinski definition) is 8. The van der Waals surface area contributed by atoms with Crippen LogP contribution in [0, 0.1) is 5.82 Å². The zero-order valence-electron chi connectivity index (χ0n) is 20.5. The van der Waals surface area contributed by atoms with Gasteiger partial charge >= 0.3 is 5.97 Å². The van der Waals surface area contributed by atoms with E-state index in [0.717, 1.165) is 41.8 Å². The molecule has 2 heterocycles. The van der Waals surface area contributed by atoms with E-state index in [2.05, 4.69) is 20.7 Å². The van der Waals surface area contributed by atoms with Gasteiger partial charge in [0.15, 0.2) is 6.04 Å². The number of furan rings is 1. The summed E-state index contributed by atoms with van der Waals surface area (Å²) in [6, 6.07) is 7.85. The van der Waals surface area contributed by atoms with Crippen LogP contribution in [0.3, 0.4) is 0 Å². The second-order valence-electron chi connectivity index (χ2n) is 8.71. The van der Waals surface area contributed by atoms with Crippen LogP contribution < -0.4 is 5.32 Å². The van der Waals surface area contributed by atoms with E-state index in [9.17, 15) is 18.8 Å². The van der Waals surface area contributed by atoms with Gasteiger partial charge in [0.05, 0.1) is 18.4 Å². The molecule has 1 aromatic carbocycles. The smallest absolute Gasteiger partial charge is 0.325 e. The van der Waals surface area contributed by atoms with Crippen LogP contribution in [0.15, 0.2) is 47.1 Å². The number of carbonyl (C=O) groups excluding carboxylic acids is 3. The third kappa shape index (κ3) is 6.57. The summed E-state index contributed by atoms with van der Waals surface area (Å²) in [4.78, 5) is 41.5. The number of aromatic nitrogens is 4. The largest absolute Gasteiger partial charge is 0.467 e. The Labute approximate surface area is 213 Å². The van der Waals surface area contributed by atoms with Gasteiger partial charge in [-0.25, -0.2) is 4.39 Å². The molecule has 1 aliphatic carbocycles. The van der Waals surface area contributed by atoms with Crippen molar-refractivity contribution >= 4 is 17.8 Å².